The monoisotopic (exact) mass is 247 g/mol. The van der Waals surface area contributed by atoms with Gasteiger partial charge in [0.25, 0.3) is 5.56 Å². The summed E-state index contributed by atoms with van der Waals surface area (Å²) in [6, 6.07) is 1.81. The summed E-state index contributed by atoms with van der Waals surface area (Å²) >= 11 is 1.47. The van der Waals surface area contributed by atoms with Gasteiger partial charge in [-0.1, -0.05) is 0 Å². The highest BCUT2D eigenvalue weighted by atomic mass is 32.1. The van der Waals surface area contributed by atoms with E-state index in [2.05, 4.69) is 15.1 Å². The van der Waals surface area contributed by atoms with Crippen molar-refractivity contribution < 1.29 is 0 Å². The molecule has 6 nitrogen and oxygen atoms in total. The van der Waals surface area contributed by atoms with Crippen LogP contribution in [-0.4, -0.2) is 24.3 Å². The molecule has 86 valence electrons. The van der Waals surface area contributed by atoms with Crippen LogP contribution in [0.15, 0.2) is 35.2 Å². The standard InChI is InChI=1S/C10H9N5OS/c16-10-8-1-4-17-9(8)12-7-14(10)2-3-15-6-11-5-13-15/h1,4-7H,2-3H2. The van der Waals surface area contributed by atoms with Crippen molar-refractivity contribution in [2.75, 3.05) is 0 Å². The number of nitrogens with zero attached hydrogens (tertiary/aromatic N) is 5. The first-order chi connectivity index (χ1) is 8.34. The van der Waals surface area contributed by atoms with Gasteiger partial charge in [-0.3, -0.25) is 14.0 Å². The summed E-state index contributed by atoms with van der Waals surface area (Å²) in [5.74, 6) is 0. The molecule has 0 bridgehead atoms. The van der Waals surface area contributed by atoms with E-state index in [9.17, 15) is 4.79 Å². The van der Waals surface area contributed by atoms with Gasteiger partial charge in [-0.15, -0.1) is 11.3 Å². The fourth-order valence-corrected chi connectivity index (χ4v) is 2.33. The van der Waals surface area contributed by atoms with Crippen LogP contribution < -0.4 is 5.56 Å². The lowest BCUT2D eigenvalue weighted by molar-refractivity contribution is 0.520. The predicted octanol–water partition coefficient (Wildman–Crippen LogP) is 0.750. The molecule has 0 saturated carbocycles. The molecule has 17 heavy (non-hydrogen) atoms. The second-order valence-corrected chi connectivity index (χ2v) is 4.44. The first kappa shape index (κ1) is 10.2. The first-order valence-corrected chi connectivity index (χ1v) is 5.97. The lowest BCUT2D eigenvalue weighted by Crippen LogP contribution is -2.22. The van der Waals surface area contributed by atoms with E-state index >= 15 is 0 Å². The van der Waals surface area contributed by atoms with E-state index in [0.717, 1.165) is 4.83 Å². The molecule has 3 aromatic heterocycles. The molecule has 0 aliphatic carbocycles. The summed E-state index contributed by atoms with van der Waals surface area (Å²) in [7, 11) is 0. The summed E-state index contributed by atoms with van der Waals surface area (Å²) in [5, 5.41) is 6.54. The zero-order valence-electron chi connectivity index (χ0n) is 8.85. The van der Waals surface area contributed by atoms with Gasteiger partial charge in [0.1, 0.15) is 17.5 Å². The van der Waals surface area contributed by atoms with Crippen LogP contribution in [0.4, 0.5) is 0 Å². The zero-order valence-corrected chi connectivity index (χ0v) is 9.67. The topological polar surface area (TPSA) is 65.6 Å². The van der Waals surface area contributed by atoms with Gasteiger partial charge in [-0.05, 0) is 11.4 Å². The fraction of sp³-hybridized carbons (Fsp3) is 0.200. The van der Waals surface area contributed by atoms with Crippen molar-refractivity contribution in [3.8, 4) is 0 Å². The number of fused-ring (bicyclic) bond motifs is 1. The third-order valence-electron chi connectivity index (χ3n) is 2.49. The second-order valence-electron chi connectivity index (χ2n) is 3.54. The number of aromatic nitrogens is 5. The van der Waals surface area contributed by atoms with E-state index in [1.54, 1.807) is 28.0 Å². The Hall–Kier alpha value is -2.02. The molecular weight excluding hydrogens is 238 g/mol. The molecule has 3 aromatic rings. The van der Waals surface area contributed by atoms with Crippen molar-refractivity contribution in [2.24, 2.45) is 0 Å². The Balaban J connectivity index is 1.90. The van der Waals surface area contributed by atoms with E-state index < -0.39 is 0 Å². The minimum Gasteiger partial charge on any atom is -0.297 e. The molecule has 0 saturated heterocycles. The number of thiophene rings is 1. The smallest absolute Gasteiger partial charge is 0.262 e. The highest BCUT2D eigenvalue weighted by molar-refractivity contribution is 7.16. The summed E-state index contributed by atoms with van der Waals surface area (Å²) in [4.78, 5) is 20.9. The Labute approximate surface area is 100 Å². The Morgan fingerprint density at radius 3 is 3.06 bits per heavy atom. The van der Waals surface area contributed by atoms with Crippen LogP contribution in [0.2, 0.25) is 0 Å². The van der Waals surface area contributed by atoms with Gasteiger partial charge in [0.15, 0.2) is 0 Å². The fourth-order valence-electron chi connectivity index (χ4n) is 1.61. The Bertz CT molecular complexity index is 684. The van der Waals surface area contributed by atoms with Crippen molar-refractivity contribution >= 4 is 21.6 Å². The minimum atomic E-state index is -0.00337. The largest absolute Gasteiger partial charge is 0.297 e. The molecule has 3 heterocycles. The SMILES string of the molecule is O=c1c2ccsc2ncn1CCn1cncn1. The van der Waals surface area contributed by atoms with Crippen molar-refractivity contribution in [3.05, 3.63) is 40.8 Å². The van der Waals surface area contributed by atoms with E-state index in [4.69, 9.17) is 0 Å². The van der Waals surface area contributed by atoms with Crippen LogP contribution >= 0.6 is 11.3 Å². The average Bonchev–Trinajstić information content (AvgIpc) is 2.99. The molecule has 0 amide bonds. The summed E-state index contributed by atoms with van der Waals surface area (Å²) in [6.07, 6.45) is 4.68. The van der Waals surface area contributed by atoms with Crippen LogP contribution in [0.5, 0.6) is 0 Å². The quantitative estimate of drug-likeness (QED) is 0.685. The zero-order chi connectivity index (χ0) is 11.7. The highest BCUT2D eigenvalue weighted by Gasteiger charge is 2.04. The lowest BCUT2D eigenvalue weighted by Gasteiger charge is -2.04. The molecule has 0 atom stereocenters. The molecular formula is C10H9N5OS. The molecule has 0 fully saturated rings. The Kier molecular flexibility index (Phi) is 2.45. The summed E-state index contributed by atoms with van der Waals surface area (Å²) in [6.45, 7) is 1.15. The highest BCUT2D eigenvalue weighted by Crippen LogP contribution is 2.13. The molecule has 0 spiro atoms. The van der Waals surface area contributed by atoms with Crippen molar-refractivity contribution in [1.82, 2.24) is 24.3 Å². The first-order valence-electron chi connectivity index (χ1n) is 5.09. The molecule has 0 unspecified atom stereocenters. The maximum absolute atomic E-state index is 12.0. The van der Waals surface area contributed by atoms with Gasteiger partial charge in [-0.2, -0.15) is 5.10 Å². The van der Waals surface area contributed by atoms with Crippen molar-refractivity contribution in [1.29, 1.82) is 0 Å². The van der Waals surface area contributed by atoms with Crippen LogP contribution in [0.3, 0.4) is 0 Å². The number of rotatable bonds is 3. The van der Waals surface area contributed by atoms with Crippen LogP contribution in [0.1, 0.15) is 0 Å². The average molecular weight is 247 g/mol. The molecule has 0 radical (unpaired) electrons. The predicted molar refractivity (Wildman–Crippen MR) is 63.9 cm³/mol. The van der Waals surface area contributed by atoms with E-state index in [1.807, 2.05) is 5.38 Å². The molecule has 3 rings (SSSR count). The molecule has 7 heteroatoms. The van der Waals surface area contributed by atoms with Crippen LogP contribution in [0.25, 0.3) is 10.2 Å². The van der Waals surface area contributed by atoms with Crippen molar-refractivity contribution in [3.63, 3.8) is 0 Å². The van der Waals surface area contributed by atoms with Gasteiger partial charge in [0.05, 0.1) is 18.3 Å². The van der Waals surface area contributed by atoms with Gasteiger partial charge in [-0.25, -0.2) is 9.97 Å². The third kappa shape index (κ3) is 1.84. The maximum Gasteiger partial charge on any atom is 0.262 e. The summed E-state index contributed by atoms with van der Waals surface area (Å²) < 4.78 is 3.28. The van der Waals surface area contributed by atoms with E-state index in [-0.39, 0.29) is 5.56 Å². The van der Waals surface area contributed by atoms with Crippen LogP contribution in [0, 0.1) is 0 Å². The maximum atomic E-state index is 12.0. The van der Waals surface area contributed by atoms with E-state index in [1.165, 1.54) is 17.7 Å². The normalized spacial score (nSPS) is 11.1. The van der Waals surface area contributed by atoms with E-state index in [0.29, 0.717) is 18.5 Å². The minimum absolute atomic E-state index is 0.00337. The Morgan fingerprint density at radius 2 is 2.24 bits per heavy atom. The van der Waals surface area contributed by atoms with Crippen molar-refractivity contribution in [2.45, 2.75) is 13.1 Å². The number of hydrogen-bond donors (Lipinski definition) is 0. The number of hydrogen-bond acceptors (Lipinski definition) is 5. The van der Waals surface area contributed by atoms with Crippen LogP contribution in [-0.2, 0) is 13.1 Å². The van der Waals surface area contributed by atoms with Gasteiger partial charge in [0, 0.05) is 6.54 Å². The van der Waals surface area contributed by atoms with Gasteiger partial charge in [0.2, 0.25) is 0 Å². The second kappa shape index (κ2) is 4.10. The third-order valence-corrected chi connectivity index (χ3v) is 3.31. The molecule has 0 N–H and O–H groups in total. The Morgan fingerprint density at radius 1 is 1.29 bits per heavy atom. The van der Waals surface area contributed by atoms with Gasteiger partial charge >= 0.3 is 0 Å². The molecule has 0 aromatic carbocycles. The lowest BCUT2D eigenvalue weighted by atomic mass is 10.4. The number of aryl methyl sites for hydroxylation is 2. The van der Waals surface area contributed by atoms with Gasteiger partial charge < -0.3 is 0 Å². The summed E-state index contributed by atoms with van der Waals surface area (Å²) in [5.41, 5.74) is -0.00337. The molecule has 0 aliphatic rings. The molecule has 0 aliphatic heterocycles.